The molecule has 0 saturated carbocycles. The molecule has 10 heavy (non-hydrogen) atoms. The Bertz CT molecular complexity index is 120. The van der Waals surface area contributed by atoms with Crippen LogP contribution in [-0.2, 0) is 0 Å². The molecule has 0 aromatic carbocycles. The van der Waals surface area contributed by atoms with Crippen LogP contribution in [0.4, 0.5) is 4.79 Å². The maximum absolute atomic E-state index is 10.6. The Morgan fingerprint density at radius 1 is 1.70 bits per heavy atom. The molecule has 4 heteroatoms. The number of carbonyl (C=O) groups is 1. The normalized spacial score (nSPS) is 12.8. The predicted octanol–water partition coefficient (Wildman–Crippen LogP) is 2.33. The molecule has 0 spiro atoms. The van der Waals surface area contributed by atoms with Gasteiger partial charge in [0.2, 0.25) is 0 Å². The summed E-state index contributed by atoms with van der Waals surface area (Å²) in [4.78, 5) is 12.1. The van der Waals surface area contributed by atoms with Crippen LogP contribution >= 0.6 is 24.2 Å². The molecule has 0 bridgehead atoms. The van der Waals surface area contributed by atoms with Gasteiger partial charge >= 0.3 is 5.37 Å². The number of hydrogen-bond donors (Lipinski definition) is 1. The fraction of sp³-hybridized carbons (Fsp3) is 0.833. The Labute approximate surface area is 71.9 Å². The highest BCUT2D eigenvalue weighted by Gasteiger charge is 2.14. The molecule has 1 atom stereocenters. The molecule has 0 heterocycles. The molecule has 0 fully saturated rings. The lowest BCUT2D eigenvalue weighted by atomic mass is 10.4. The van der Waals surface area contributed by atoms with E-state index in [0.29, 0.717) is 6.54 Å². The van der Waals surface area contributed by atoms with E-state index in [1.54, 1.807) is 0 Å². The quantitative estimate of drug-likeness (QED) is 0.307. The van der Waals surface area contributed by atoms with Crippen LogP contribution in [0.15, 0.2) is 0 Å². The smallest absolute Gasteiger partial charge is 0.317 e. The van der Waals surface area contributed by atoms with Crippen molar-refractivity contribution >= 4 is 29.6 Å². The molecule has 60 valence electrons. The molecule has 0 aliphatic heterocycles. The van der Waals surface area contributed by atoms with Crippen LogP contribution in [0.1, 0.15) is 20.3 Å². The average molecular weight is 182 g/mol. The van der Waals surface area contributed by atoms with E-state index in [2.05, 4.69) is 12.6 Å². The van der Waals surface area contributed by atoms with E-state index in [-0.39, 0.29) is 5.37 Å². The molecular weight excluding hydrogens is 170 g/mol. The molecule has 1 amide bonds. The summed E-state index contributed by atoms with van der Waals surface area (Å²) in [5.74, 6) is 0. The van der Waals surface area contributed by atoms with Crippen molar-refractivity contribution in [3.8, 4) is 0 Å². The van der Waals surface area contributed by atoms with Gasteiger partial charge in [0.1, 0.15) is 0 Å². The van der Waals surface area contributed by atoms with Crippen LogP contribution in [0.5, 0.6) is 0 Å². The third-order valence-corrected chi connectivity index (χ3v) is 2.15. The second-order valence-electron chi connectivity index (χ2n) is 1.93. The highest BCUT2D eigenvalue weighted by molar-refractivity contribution is 7.80. The van der Waals surface area contributed by atoms with Crippen molar-refractivity contribution in [1.29, 1.82) is 0 Å². The molecule has 0 aromatic rings. The third-order valence-electron chi connectivity index (χ3n) is 1.29. The zero-order valence-corrected chi connectivity index (χ0v) is 7.82. The lowest BCUT2D eigenvalue weighted by molar-refractivity contribution is 0.219. The summed E-state index contributed by atoms with van der Waals surface area (Å²) in [6, 6.07) is 0. The molecule has 0 aliphatic rings. The van der Waals surface area contributed by atoms with Crippen molar-refractivity contribution in [2.75, 3.05) is 6.54 Å². The second-order valence-corrected chi connectivity index (χ2v) is 2.85. The molecule has 2 nitrogen and oxygen atoms in total. The van der Waals surface area contributed by atoms with Gasteiger partial charge in [-0.25, -0.2) is 0 Å². The molecular formula is C6H12ClNOS. The number of nitrogens with zero attached hydrogens (tertiary/aromatic N) is 1. The van der Waals surface area contributed by atoms with E-state index in [4.69, 9.17) is 11.6 Å². The van der Waals surface area contributed by atoms with E-state index in [1.807, 2.05) is 13.8 Å². The first kappa shape index (κ1) is 10.1. The second kappa shape index (κ2) is 4.85. The zero-order chi connectivity index (χ0) is 8.15. The van der Waals surface area contributed by atoms with Crippen molar-refractivity contribution in [3.63, 3.8) is 0 Å². The number of rotatable bonds is 3. The molecule has 1 unspecified atom stereocenters. The molecule has 0 radical (unpaired) electrons. The number of carbonyl (C=O) groups excluding carboxylic acids is 1. The van der Waals surface area contributed by atoms with E-state index in [1.165, 1.54) is 4.90 Å². The fourth-order valence-electron chi connectivity index (χ4n) is 0.673. The summed E-state index contributed by atoms with van der Waals surface area (Å²) < 4.78 is 0. The van der Waals surface area contributed by atoms with E-state index in [0.717, 1.165) is 6.42 Å². The zero-order valence-electron chi connectivity index (χ0n) is 6.17. The van der Waals surface area contributed by atoms with Crippen molar-refractivity contribution in [2.45, 2.75) is 25.6 Å². The first-order valence-corrected chi connectivity index (χ1v) is 4.17. The van der Waals surface area contributed by atoms with Gasteiger partial charge < -0.3 is 4.90 Å². The predicted molar refractivity (Wildman–Crippen MR) is 46.7 cm³/mol. The largest absolute Gasteiger partial charge is 0.318 e. The van der Waals surface area contributed by atoms with Crippen molar-refractivity contribution in [2.24, 2.45) is 0 Å². The summed E-state index contributed by atoms with van der Waals surface area (Å²) >= 11 is 9.42. The van der Waals surface area contributed by atoms with Gasteiger partial charge in [0, 0.05) is 6.54 Å². The molecule has 0 aliphatic carbocycles. The Morgan fingerprint density at radius 3 is 2.30 bits per heavy atom. The molecule has 0 saturated heterocycles. The maximum Gasteiger partial charge on any atom is 0.317 e. The van der Waals surface area contributed by atoms with Crippen LogP contribution in [0.25, 0.3) is 0 Å². The molecule has 0 rings (SSSR count). The van der Waals surface area contributed by atoms with E-state index >= 15 is 0 Å². The lowest BCUT2D eigenvalue weighted by Gasteiger charge is -2.22. The van der Waals surface area contributed by atoms with Crippen molar-refractivity contribution < 1.29 is 4.79 Å². The Morgan fingerprint density at radius 2 is 2.20 bits per heavy atom. The van der Waals surface area contributed by atoms with Gasteiger partial charge in [-0.2, -0.15) is 12.6 Å². The lowest BCUT2D eigenvalue weighted by Crippen LogP contribution is -2.32. The van der Waals surface area contributed by atoms with Crippen LogP contribution in [0.3, 0.4) is 0 Å². The number of thiol groups is 1. The summed E-state index contributed by atoms with van der Waals surface area (Å²) in [6.07, 6.45) is 0.815. The Hall–Kier alpha value is 0.110. The number of amides is 1. The minimum atomic E-state index is -0.427. The monoisotopic (exact) mass is 181 g/mol. The Kier molecular flexibility index (Phi) is 4.91. The van der Waals surface area contributed by atoms with Gasteiger partial charge in [-0.3, -0.25) is 4.79 Å². The summed E-state index contributed by atoms with van der Waals surface area (Å²) in [6.45, 7) is 4.45. The SMILES string of the molecule is CCC(S)N(CC)C(=O)Cl. The third kappa shape index (κ3) is 2.80. The summed E-state index contributed by atoms with van der Waals surface area (Å²) in [7, 11) is 0. The maximum atomic E-state index is 10.6. The average Bonchev–Trinajstić information content (AvgIpc) is 1.88. The topological polar surface area (TPSA) is 20.3 Å². The molecule has 0 N–H and O–H groups in total. The summed E-state index contributed by atoms with van der Waals surface area (Å²) in [5, 5.41) is -0.473. The minimum Gasteiger partial charge on any atom is -0.318 e. The van der Waals surface area contributed by atoms with Gasteiger partial charge in [-0.15, -0.1) is 0 Å². The van der Waals surface area contributed by atoms with Crippen LogP contribution in [0.2, 0.25) is 0 Å². The highest BCUT2D eigenvalue weighted by Crippen LogP contribution is 2.10. The minimum absolute atomic E-state index is 0.0463. The van der Waals surface area contributed by atoms with Crippen molar-refractivity contribution in [1.82, 2.24) is 4.90 Å². The first-order valence-electron chi connectivity index (χ1n) is 3.27. The van der Waals surface area contributed by atoms with Crippen LogP contribution in [-0.4, -0.2) is 22.2 Å². The van der Waals surface area contributed by atoms with Crippen LogP contribution in [0, 0.1) is 0 Å². The van der Waals surface area contributed by atoms with Gasteiger partial charge in [0.25, 0.3) is 0 Å². The van der Waals surface area contributed by atoms with Crippen LogP contribution < -0.4 is 0 Å². The van der Waals surface area contributed by atoms with Gasteiger partial charge in [0.05, 0.1) is 5.37 Å². The molecule has 0 aromatic heterocycles. The van der Waals surface area contributed by atoms with Gasteiger partial charge in [0.15, 0.2) is 0 Å². The number of halogens is 1. The van der Waals surface area contributed by atoms with Crippen molar-refractivity contribution in [3.05, 3.63) is 0 Å². The number of hydrogen-bond acceptors (Lipinski definition) is 2. The first-order chi connectivity index (χ1) is 4.63. The summed E-state index contributed by atoms with van der Waals surface area (Å²) in [5.41, 5.74) is 0. The van der Waals surface area contributed by atoms with E-state index < -0.39 is 5.37 Å². The van der Waals surface area contributed by atoms with E-state index in [9.17, 15) is 4.79 Å². The highest BCUT2D eigenvalue weighted by atomic mass is 35.5. The van der Waals surface area contributed by atoms with Gasteiger partial charge in [-0.05, 0) is 24.9 Å². The standard InChI is InChI=1S/C6H12ClNOS/c1-3-5(10)8(4-2)6(7)9/h5,10H,3-4H2,1-2H3. The fourth-order valence-corrected chi connectivity index (χ4v) is 1.25. The van der Waals surface area contributed by atoms with Gasteiger partial charge in [-0.1, -0.05) is 6.92 Å². The Balaban J connectivity index is 3.92.